The highest BCUT2D eigenvalue weighted by Gasteiger charge is 2.08. The van der Waals surface area contributed by atoms with Crippen LogP contribution in [-0.4, -0.2) is 17.3 Å². The molecule has 0 aliphatic carbocycles. The second-order valence-corrected chi connectivity index (χ2v) is 4.75. The fourth-order valence-electron chi connectivity index (χ4n) is 1.52. The predicted molar refractivity (Wildman–Crippen MR) is 69.4 cm³/mol. The lowest BCUT2D eigenvalue weighted by Gasteiger charge is -2.15. The molecule has 0 aromatic carbocycles. The van der Waals surface area contributed by atoms with Gasteiger partial charge >= 0.3 is 0 Å². The lowest BCUT2D eigenvalue weighted by Crippen LogP contribution is -2.34. The van der Waals surface area contributed by atoms with Gasteiger partial charge < -0.3 is 5.32 Å². The molecule has 1 atom stereocenters. The molecule has 15 heavy (non-hydrogen) atoms. The molecule has 0 saturated heterocycles. The van der Waals surface area contributed by atoms with Crippen molar-refractivity contribution in [2.45, 2.75) is 64.8 Å². The van der Waals surface area contributed by atoms with Crippen LogP contribution >= 0.6 is 15.9 Å². The predicted octanol–water partition coefficient (Wildman–Crippen LogP) is 3.64. The van der Waals surface area contributed by atoms with Gasteiger partial charge in [-0.2, -0.15) is 0 Å². The van der Waals surface area contributed by atoms with Gasteiger partial charge in [-0.25, -0.2) is 0 Å². The van der Waals surface area contributed by atoms with Crippen molar-refractivity contribution < 1.29 is 4.79 Å². The van der Waals surface area contributed by atoms with E-state index in [9.17, 15) is 4.79 Å². The third-order valence-corrected chi connectivity index (χ3v) is 3.03. The lowest BCUT2D eigenvalue weighted by molar-refractivity contribution is -0.121. The highest BCUT2D eigenvalue weighted by Crippen LogP contribution is 2.04. The van der Waals surface area contributed by atoms with Gasteiger partial charge in [0.15, 0.2) is 0 Å². The van der Waals surface area contributed by atoms with Crippen LogP contribution in [0.25, 0.3) is 0 Å². The van der Waals surface area contributed by atoms with Gasteiger partial charge in [-0.15, -0.1) is 0 Å². The van der Waals surface area contributed by atoms with E-state index in [0.29, 0.717) is 12.5 Å². The second-order valence-electron chi connectivity index (χ2n) is 3.96. The summed E-state index contributed by atoms with van der Waals surface area (Å²) in [6, 6.07) is 0.350. The first-order valence-corrected chi connectivity index (χ1v) is 7.22. The molecule has 1 N–H and O–H groups in total. The third-order valence-electron chi connectivity index (χ3n) is 2.57. The number of hydrogen-bond donors (Lipinski definition) is 1. The molecule has 0 rings (SSSR count). The largest absolute Gasteiger partial charge is 0.353 e. The fraction of sp³-hybridized carbons (Fsp3) is 0.917. The molecular weight excluding hydrogens is 254 g/mol. The Morgan fingerprint density at radius 1 is 1.27 bits per heavy atom. The van der Waals surface area contributed by atoms with E-state index in [1.54, 1.807) is 0 Å². The van der Waals surface area contributed by atoms with Gasteiger partial charge in [0.25, 0.3) is 0 Å². The van der Waals surface area contributed by atoms with E-state index in [0.717, 1.165) is 24.6 Å². The Labute approximate surface area is 102 Å². The molecule has 0 fully saturated rings. The maximum absolute atomic E-state index is 11.5. The summed E-state index contributed by atoms with van der Waals surface area (Å²) in [5, 5.41) is 4.04. The van der Waals surface area contributed by atoms with Crippen molar-refractivity contribution in [2.75, 3.05) is 5.33 Å². The first-order chi connectivity index (χ1) is 7.24. The number of carbonyl (C=O) groups is 1. The highest BCUT2D eigenvalue weighted by atomic mass is 79.9. The van der Waals surface area contributed by atoms with Gasteiger partial charge in [-0.3, -0.25) is 4.79 Å². The molecule has 0 aromatic heterocycles. The smallest absolute Gasteiger partial charge is 0.220 e. The van der Waals surface area contributed by atoms with Crippen LogP contribution in [0.5, 0.6) is 0 Å². The third kappa shape index (κ3) is 8.91. The summed E-state index contributed by atoms with van der Waals surface area (Å²) in [6.45, 7) is 4.30. The van der Waals surface area contributed by atoms with Crippen LogP contribution in [0.2, 0.25) is 0 Å². The highest BCUT2D eigenvalue weighted by molar-refractivity contribution is 9.09. The van der Waals surface area contributed by atoms with E-state index in [2.05, 4.69) is 35.1 Å². The van der Waals surface area contributed by atoms with Gasteiger partial charge in [0.05, 0.1) is 0 Å². The first kappa shape index (κ1) is 14.9. The van der Waals surface area contributed by atoms with Crippen molar-refractivity contribution in [1.82, 2.24) is 5.32 Å². The Morgan fingerprint density at radius 2 is 2.00 bits per heavy atom. The van der Waals surface area contributed by atoms with E-state index in [-0.39, 0.29) is 5.91 Å². The molecule has 90 valence electrons. The SMILES string of the molecule is CCCCCCC(=O)NC(CC)CCBr. The maximum Gasteiger partial charge on any atom is 0.220 e. The first-order valence-electron chi connectivity index (χ1n) is 6.09. The minimum atomic E-state index is 0.221. The zero-order valence-electron chi connectivity index (χ0n) is 10.0. The van der Waals surface area contributed by atoms with Crippen LogP contribution in [0.15, 0.2) is 0 Å². The lowest BCUT2D eigenvalue weighted by atomic mass is 10.1. The molecule has 0 bridgehead atoms. The average Bonchev–Trinajstić information content (AvgIpc) is 2.24. The van der Waals surface area contributed by atoms with Crippen molar-refractivity contribution in [2.24, 2.45) is 0 Å². The molecule has 2 nitrogen and oxygen atoms in total. The molecule has 0 spiro atoms. The van der Waals surface area contributed by atoms with E-state index in [1.807, 2.05) is 0 Å². The fourth-order valence-corrected chi connectivity index (χ4v) is 2.07. The number of rotatable bonds is 9. The minimum Gasteiger partial charge on any atom is -0.353 e. The second kappa shape index (κ2) is 10.5. The molecule has 0 aliphatic heterocycles. The van der Waals surface area contributed by atoms with Crippen molar-refractivity contribution in [1.29, 1.82) is 0 Å². The van der Waals surface area contributed by atoms with Crippen molar-refractivity contribution in [3.63, 3.8) is 0 Å². The number of amides is 1. The Balaban J connectivity index is 3.52. The Bertz CT molecular complexity index is 162. The number of unbranched alkanes of at least 4 members (excludes halogenated alkanes) is 3. The quantitative estimate of drug-likeness (QED) is 0.506. The summed E-state index contributed by atoms with van der Waals surface area (Å²) in [4.78, 5) is 11.5. The van der Waals surface area contributed by atoms with Crippen LogP contribution in [-0.2, 0) is 4.79 Å². The Morgan fingerprint density at radius 3 is 2.53 bits per heavy atom. The normalized spacial score (nSPS) is 12.5. The molecule has 0 radical (unpaired) electrons. The Kier molecular flexibility index (Phi) is 10.4. The van der Waals surface area contributed by atoms with Crippen LogP contribution in [0.3, 0.4) is 0 Å². The van der Waals surface area contributed by atoms with E-state index in [4.69, 9.17) is 0 Å². The van der Waals surface area contributed by atoms with E-state index < -0.39 is 0 Å². The summed E-state index contributed by atoms with van der Waals surface area (Å²) in [5.41, 5.74) is 0. The van der Waals surface area contributed by atoms with Crippen LogP contribution < -0.4 is 5.32 Å². The van der Waals surface area contributed by atoms with Gasteiger partial charge in [-0.1, -0.05) is 49.0 Å². The molecule has 0 heterocycles. The van der Waals surface area contributed by atoms with Crippen molar-refractivity contribution in [3.8, 4) is 0 Å². The van der Waals surface area contributed by atoms with Gasteiger partial charge in [-0.05, 0) is 19.3 Å². The molecule has 0 saturated carbocycles. The van der Waals surface area contributed by atoms with E-state index >= 15 is 0 Å². The van der Waals surface area contributed by atoms with Crippen LogP contribution in [0, 0.1) is 0 Å². The van der Waals surface area contributed by atoms with Crippen molar-refractivity contribution in [3.05, 3.63) is 0 Å². The van der Waals surface area contributed by atoms with Gasteiger partial charge in [0.2, 0.25) is 5.91 Å². The molecule has 1 unspecified atom stereocenters. The summed E-state index contributed by atoms with van der Waals surface area (Å²) in [7, 11) is 0. The Hall–Kier alpha value is -0.0500. The molecule has 0 aliphatic rings. The topological polar surface area (TPSA) is 29.1 Å². The standard InChI is InChI=1S/C12H24BrNO/c1-3-5-6-7-8-12(15)14-11(4-2)9-10-13/h11H,3-10H2,1-2H3,(H,14,15). The zero-order chi connectivity index (χ0) is 11.5. The average molecular weight is 278 g/mol. The number of carbonyl (C=O) groups excluding carboxylic acids is 1. The van der Waals surface area contributed by atoms with E-state index in [1.165, 1.54) is 19.3 Å². The summed E-state index contributed by atoms with van der Waals surface area (Å²) in [5.74, 6) is 0.221. The molecule has 1 amide bonds. The summed E-state index contributed by atoms with van der Waals surface area (Å²) in [6.07, 6.45) is 7.42. The van der Waals surface area contributed by atoms with Crippen LogP contribution in [0.4, 0.5) is 0 Å². The summed E-state index contributed by atoms with van der Waals surface area (Å²) >= 11 is 3.40. The number of alkyl halides is 1. The number of hydrogen-bond acceptors (Lipinski definition) is 1. The maximum atomic E-state index is 11.5. The zero-order valence-corrected chi connectivity index (χ0v) is 11.6. The van der Waals surface area contributed by atoms with Crippen molar-refractivity contribution >= 4 is 21.8 Å². The number of halogens is 1. The molecule has 0 aromatic rings. The minimum absolute atomic E-state index is 0.221. The molecule has 3 heteroatoms. The van der Waals surface area contributed by atoms with Crippen LogP contribution in [0.1, 0.15) is 58.8 Å². The monoisotopic (exact) mass is 277 g/mol. The number of nitrogens with one attached hydrogen (secondary N) is 1. The summed E-state index contributed by atoms with van der Waals surface area (Å²) < 4.78 is 0. The van der Waals surface area contributed by atoms with Gasteiger partial charge in [0, 0.05) is 17.8 Å². The molecular formula is C12H24BrNO. The van der Waals surface area contributed by atoms with Gasteiger partial charge in [0.1, 0.15) is 0 Å².